The van der Waals surface area contributed by atoms with Gasteiger partial charge in [0.2, 0.25) is 0 Å². The standard InChI is InChI=1S/C23H34N2O/c1-15-10-11-19-20(12-15)26-22-21-18(14-25(22)23(19,2)3)17(13-24(21)4)16-8-6-5-7-9-16/h5-9,15,17-22H,10-14H2,1-4H3/t15-,17+,18+,19-,20-,21-,22+/m1/s1. The number of hydrogen-bond acceptors (Lipinski definition) is 3. The van der Waals surface area contributed by atoms with Gasteiger partial charge >= 0.3 is 0 Å². The third kappa shape index (κ3) is 2.43. The van der Waals surface area contributed by atoms with Crippen molar-refractivity contribution in [2.45, 2.75) is 69.9 Å². The summed E-state index contributed by atoms with van der Waals surface area (Å²) in [6, 6.07) is 11.7. The summed E-state index contributed by atoms with van der Waals surface area (Å²) in [6.07, 6.45) is 4.68. The minimum Gasteiger partial charge on any atom is -0.358 e. The van der Waals surface area contributed by atoms with Crippen LogP contribution in [0.25, 0.3) is 0 Å². The molecule has 26 heavy (non-hydrogen) atoms. The van der Waals surface area contributed by atoms with Gasteiger partial charge in [-0.3, -0.25) is 9.80 Å². The van der Waals surface area contributed by atoms with Gasteiger partial charge in [0.1, 0.15) is 6.23 Å². The topological polar surface area (TPSA) is 15.7 Å². The number of fused-ring (bicyclic) bond motifs is 4. The summed E-state index contributed by atoms with van der Waals surface area (Å²) in [5.74, 6) is 2.82. The summed E-state index contributed by atoms with van der Waals surface area (Å²) in [6.45, 7) is 9.75. The van der Waals surface area contributed by atoms with Crippen LogP contribution in [0, 0.1) is 17.8 Å². The van der Waals surface area contributed by atoms with E-state index in [4.69, 9.17) is 4.74 Å². The molecule has 7 atom stereocenters. The third-order valence-corrected chi connectivity index (χ3v) is 8.20. The Morgan fingerprint density at radius 3 is 2.62 bits per heavy atom. The maximum absolute atomic E-state index is 6.87. The van der Waals surface area contributed by atoms with Crippen LogP contribution in [0.3, 0.4) is 0 Å². The highest BCUT2D eigenvalue weighted by atomic mass is 16.5. The van der Waals surface area contributed by atoms with Crippen LogP contribution < -0.4 is 0 Å². The molecule has 3 aliphatic heterocycles. The first-order valence-electron chi connectivity index (χ1n) is 10.6. The van der Waals surface area contributed by atoms with Gasteiger partial charge in [0, 0.05) is 30.5 Å². The van der Waals surface area contributed by atoms with Crippen molar-refractivity contribution in [3.63, 3.8) is 0 Å². The Labute approximate surface area is 158 Å². The van der Waals surface area contributed by atoms with Crippen molar-refractivity contribution in [3.8, 4) is 0 Å². The van der Waals surface area contributed by atoms with Crippen molar-refractivity contribution in [1.29, 1.82) is 0 Å². The lowest BCUT2D eigenvalue weighted by Crippen LogP contribution is -2.65. The van der Waals surface area contributed by atoms with E-state index in [0.29, 0.717) is 29.9 Å². The number of ether oxygens (including phenoxy) is 1. The van der Waals surface area contributed by atoms with Gasteiger partial charge in [0.15, 0.2) is 0 Å². The van der Waals surface area contributed by atoms with Gasteiger partial charge in [0.05, 0.1) is 12.1 Å². The molecule has 0 amide bonds. The van der Waals surface area contributed by atoms with Crippen molar-refractivity contribution < 1.29 is 4.74 Å². The van der Waals surface area contributed by atoms with Crippen LogP contribution >= 0.6 is 0 Å². The fourth-order valence-electron chi connectivity index (χ4n) is 6.76. The molecule has 4 fully saturated rings. The Morgan fingerprint density at radius 2 is 1.85 bits per heavy atom. The summed E-state index contributed by atoms with van der Waals surface area (Å²) >= 11 is 0. The molecule has 0 N–H and O–H groups in total. The van der Waals surface area contributed by atoms with E-state index in [-0.39, 0.29) is 11.8 Å². The highest BCUT2D eigenvalue weighted by Gasteiger charge is 2.61. The number of likely N-dealkylation sites (tertiary alicyclic amines) is 1. The number of rotatable bonds is 1. The zero-order valence-corrected chi connectivity index (χ0v) is 16.8. The number of hydrogen-bond donors (Lipinski definition) is 0. The van der Waals surface area contributed by atoms with Gasteiger partial charge in [0.25, 0.3) is 0 Å². The van der Waals surface area contributed by atoms with E-state index in [1.807, 2.05) is 0 Å². The molecule has 0 radical (unpaired) electrons. The van der Waals surface area contributed by atoms with Crippen molar-refractivity contribution in [3.05, 3.63) is 35.9 Å². The van der Waals surface area contributed by atoms with E-state index >= 15 is 0 Å². The average Bonchev–Trinajstić information content (AvgIpc) is 3.14. The molecular weight excluding hydrogens is 320 g/mol. The largest absolute Gasteiger partial charge is 0.358 e. The minimum absolute atomic E-state index is 0.250. The highest BCUT2D eigenvalue weighted by molar-refractivity contribution is 5.26. The van der Waals surface area contributed by atoms with Gasteiger partial charge in [-0.2, -0.15) is 0 Å². The van der Waals surface area contributed by atoms with Crippen LogP contribution in [-0.4, -0.2) is 53.8 Å². The SMILES string of the molecule is C[C@@H]1CC[C@@H]2[C@@H](C1)O[C@H]1[C@H]3[C@@H](CN1C2(C)C)[C@H](c1ccccc1)CN3C. The Balaban J connectivity index is 1.47. The highest BCUT2D eigenvalue weighted by Crippen LogP contribution is 2.53. The zero-order chi connectivity index (χ0) is 18.1. The molecule has 3 heterocycles. The van der Waals surface area contributed by atoms with Gasteiger partial charge < -0.3 is 4.74 Å². The molecule has 0 bridgehead atoms. The van der Waals surface area contributed by atoms with Gasteiger partial charge in [-0.25, -0.2) is 0 Å². The quantitative estimate of drug-likeness (QED) is 0.759. The smallest absolute Gasteiger partial charge is 0.127 e. The summed E-state index contributed by atoms with van der Waals surface area (Å²) < 4.78 is 6.87. The molecule has 1 aliphatic carbocycles. The molecule has 1 saturated carbocycles. The Hall–Kier alpha value is -0.900. The number of nitrogens with zero attached hydrogens (tertiary/aromatic N) is 2. The van der Waals surface area contributed by atoms with E-state index < -0.39 is 0 Å². The molecule has 3 heteroatoms. The van der Waals surface area contributed by atoms with E-state index in [1.54, 1.807) is 0 Å². The van der Waals surface area contributed by atoms with E-state index in [9.17, 15) is 0 Å². The van der Waals surface area contributed by atoms with E-state index in [1.165, 1.54) is 31.4 Å². The molecule has 0 spiro atoms. The lowest BCUT2D eigenvalue weighted by Gasteiger charge is -2.56. The van der Waals surface area contributed by atoms with Crippen molar-refractivity contribution in [2.75, 3.05) is 20.1 Å². The van der Waals surface area contributed by atoms with Gasteiger partial charge in [-0.1, -0.05) is 43.7 Å². The van der Waals surface area contributed by atoms with E-state index in [2.05, 4.69) is 68.0 Å². The molecule has 4 aliphatic rings. The maximum Gasteiger partial charge on any atom is 0.127 e. The summed E-state index contributed by atoms with van der Waals surface area (Å²) in [4.78, 5) is 5.33. The molecule has 1 aromatic rings. The van der Waals surface area contributed by atoms with Crippen molar-refractivity contribution in [1.82, 2.24) is 9.80 Å². The van der Waals surface area contributed by atoms with Crippen LogP contribution in [-0.2, 0) is 4.74 Å². The number of likely N-dealkylation sites (N-methyl/N-ethyl adjacent to an activating group) is 1. The third-order valence-electron chi connectivity index (χ3n) is 8.20. The Bertz CT molecular complexity index is 659. The molecule has 0 unspecified atom stereocenters. The van der Waals surface area contributed by atoms with Crippen molar-refractivity contribution in [2.24, 2.45) is 17.8 Å². The van der Waals surface area contributed by atoms with Crippen LogP contribution in [0.15, 0.2) is 30.3 Å². The van der Waals surface area contributed by atoms with E-state index in [0.717, 1.165) is 12.5 Å². The normalized spacial score (nSPS) is 45.2. The maximum atomic E-state index is 6.87. The van der Waals surface area contributed by atoms with Crippen LogP contribution in [0.2, 0.25) is 0 Å². The summed E-state index contributed by atoms with van der Waals surface area (Å²) in [5, 5.41) is 0. The fourth-order valence-corrected chi connectivity index (χ4v) is 6.76. The molecule has 3 saturated heterocycles. The molecule has 5 rings (SSSR count). The monoisotopic (exact) mass is 354 g/mol. The first-order valence-corrected chi connectivity index (χ1v) is 10.6. The first-order chi connectivity index (χ1) is 12.5. The summed E-state index contributed by atoms with van der Waals surface area (Å²) in [7, 11) is 2.32. The van der Waals surface area contributed by atoms with Gasteiger partial charge in [-0.05, 0) is 51.1 Å². The molecule has 0 aromatic heterocycles. The minimum atomic E-state index is 0.250. The second-order valence-electron chi connectivity index (χ2n) is 10.0. The predicted octanol–water partition coefficient (Wildman–Crippen LogP) is 3.96. The zero-order valence-electron chi connectivity index (χ0n) is 16.8. The average molecular weight is 355 g/mol. The Kier molecular flexibility index (Phi) is 4.01. The van der Waals surface area contributed by atoms with Crippen LogP contribution in [0.1, 0.15) is 51.5 Å². The molecule has 3 nitrogen and oxygen atoms in total. The summed E-state index contributed by atoms with van der Waals surface area (Å²) in [5.41, 5.74) is 1.76. The van der Waals surface area contributed by atoms with Gasteiger partial charge in [-0.15, -0.1) is 0 Å². The lowest BCUT2D eigenvalue weighted by molar-refractivity contribution is -0.229. The Morgan fingerprint density at radius 1 is 1.08 bits per heavy atom. The molecular formula is C23H34N2O. The van der Waals surface area contributed by atoms with Crippen LogP contribution in [0.5, 0.6) is 0 Å². The second-order valence-corrected chi connectivity index (χ2v) is 10.0. The number of benzene rings is 1. The molecule has 1 aromatic carbocycles. The fraction of sp³-hybridized carbons (Fsp3) is 0.739. The second kappa shape index (κ2) is 6.05. The van der Waals surface area contributed by atoms with Crippen molar-refractivity contribution >= 4 is 0 Å². The molecule has 142 valence electrons. The van der Waals surface area contributed by atoms with Crippen LogP contribution in [0.4, 0.5) is 0 Å². The predicted molar refractivity (Wildman–Crippen MR) is 105 cm³/mol. The first kappa shape index (κ1) is 17.2. The lowest BCUT2D eigenvalue weighted by atomic mass is 9.70.